The van der Waals surface area contributed by atoms with Gasteiger partial charge in [0.05, 0.1) is 17.1 Å². The highest BCUT2D eigenvalue weighted by Crippen LogP contribution is 2.27. The first-order valence-electron chi connectivity index (χ1n) is 11.0. The molecule has 0 fully saturated rings. The van der Waals surface area contributed by atoms with Crippen LogP contribution in [-0.2, 0) is 4.79 Å². The van der Waals surface area contributed by atoms with Crippen LogP contribution in [0.3, 0.4) is 0 Å². The van der Waals surface area contributed by atoms with Crippen molar-refractivity contribution in [1.82, 2.24) is 9.66 Å². The summed E-state index contributed by atoms with van der Waals surface area (Å²) >= 11 is 0. The van der Waals surface area contributed by atoms with Gasteiger partial charge in [0.15, 0.2) is 6.61 Å². The summed E-state index contributed by atoms with van der Waals surface area (Å²) in [5, 5.41) is 8.74. The Labute approximate surface area is 203 Å². The third-order valence-corrected chi connectivity index (χ3v) is 5.50. The van der Waals surface area contributed by atoms with Gasteiger partial charge in [-0.1, -0.05) is 42.5 Å². The lowest BCUT2D eigenvalue weighted by Gasteiger charge is -2.12. The maximum atomic E-state index is 13.1. The molecule has 5 aromatic rings. The van der Waals surface area contributed by atoms with Crippen molar-refractivity contribution in [2.24, 2.45) is 5.10 Å². The third kappa shape index (κ3) is 4.62. The Hall–Kier alpha value is -5.05. The first kappa shape index (κ1) is 22.7. The average molecular weight is 482 g/mol. The van der Waals surface area contributed by atoms with Crippen molar-refractivity contribution in [3.8, 4) is 5.75 Å². The van der Waals surface area contributed by atoms with Gasteiger partial charge in [-0.2, -0.15) is 5.10 Å². The van der Waals surface area contributed by atoms with E-state index in [0.29, 0.717) is 27.9 Å². The number of ether oxygens (including phenoxy) is 1. The Morgan fingerprint density at radius 1 is 0.944 bits per heavy atom. The van der Waals surface area contributed by atoms with E-state index in [1.807, 2.05) is 30.3 Å². The summed E-state index contributed by atoms with van der Waals surface area (Å²) in [5.41, 5.74) is 0.0888. The van der Waals surface area contributed by atoms with Crippen LogP contribution in [-0.4, -0.2) is 28.4 Å². The number of fused-ring (bicyclic) bond motifs is 2. The molecular formula is C27H19FN4O4. The molecule has 0 radical (unpaired) electrons. The van der Waals surface area contributed by atoms with Gasteiger partial charge in [-0.3, -0.25) is 9.59 Å². The first-order valence-corrected chi connectivity index (χ1v) is 11.0. The van der Waals surface area contributed by atoms with Crippen molar-refractivity contribution in [1.29, 1.82) is 0 Å². The van der Waals surface area contributed by atoms with E-state index in [9.17, 15) is 18.8 Å². The van der Waals surface area contributed by atoms with Crippen molar-refractivity contribution in [2.45, 2.75) is 0 Å². The van der Waals surface area contributed by atoms with Gasteiger partial charge in [0.25, 0.3) is 11.5 Å². The molecule has 36 heavy (non-hydrogen) atoms. The summed E-state index contributed by atoms with van der Waals surface area (Å²) in [4.78, 5) is 40.4. The molecule has 0 aliphatic carbocycles. The maximum absolute atomic E-state index is 13.1. The number of halogens is 1. The molecule has 5 rings (SSSR count). The number of nitrogens with one attached hydrogen (secondary N) is 2. The van der Waals surface area contributed by atoms with Gasteiger partial charge in [-0.05, 0) is 53.2 Å². The standard InChI is InChI=1S/C27H19FN4O4/c28-18-10-12-19(13-11-18)30-25(33)16-36-24-14-9-17-5-1-2-6-20(17)22(24)15-29-32-26(34)21-7-3-4-8-23(21)31-27(32)35/h1-15H,16H2,(H,30,33)(H,31,35). The number of carbonyl (C=O) groups is 1. The molecule has 0 aliphatic rings. The number of nitrogens with zero attached hydrogens (tertiary/aromatic N) is 2. The molecule has 0 unspecified atom stereocenters. The van der Waals surface area contributed by atoms with Crippen LogP contribution < -0.4 is 21.3 Å². The van der Waals surface area contributed by atoms with Crippen LogP contribution in [0.1, 0.15) is 5.56 Å². The zero-order chi connectivity index (χ0) is 25.1. The van der Waals surface area contributed by atoms with Crippen LogP contribution in [0.5, 0.6) is 5.75 Å². The Morgan fingerprint density at radius 2 is 1.67 bits per heavy atom. The van der Waals surface area contributed by atoms with E-state index in [1.54, 1.807) is 30.3 Å². The lowest BCUT2D eigenvalue weighted by Crippen LogP contribution is -2.32. The fraction of sp³-hybridized carbons (Fsp3) is 0.0370. The zero-order valence-electron chi connectivity index (χ0n) is 18.8. The number of aromatic amines is 1. The minimum absolute atomic E-state index is 0.320. The SMILES string of the molecule is O=C(COc1ccc2ccccc2c1C=Nn1c(=O)[nH]c2ccccc2c1=O)Nc1ccc(F)cc1. The molecule has 1 amide bonds. The number of aromatic nitrogens is 2. The van der Waals surface area contributed by atoms with Crippen molar-refractivity contribution in [3.63, 3.8) is 0 Å². The lowest BCUT2D eigenvalue weighted by atomic mass is 10.0. The highest BCUT2D eigenvalue weighted by molar-refractivity contribution is 6.02. The molecule has 0 spiro atoms. The zero-order valence-corrected chi connectivity index (χ0v) is 18.8. The molecular weight excluding hydrogens is 463 g/mol. The van der Waals surface area contributed by atoms with Crippen LogP contribution in [0, 0.1) is 5.82 Å². The smallest absolute Gasteiger partial charge is 0.349 e. The monoisotopic (exact) mass is 482 g/mol. The minimum atomic E-state index is -0.684. The third-order valence-electron chi connectivity index (χ3n) is 5.50. The molecule has 0 saturated heterocycles. The molecule has 8 nitrogen and oxygen atoms in total. The largest absolute Gasteiger partial charge is 0.483 e. The Bertz CT molecular complexity index is 1740. The van der Waals surface area contributed by atoms with Gasteiger partial charge in [-0.15, -0.1) is 4.68 Å². The molecule has 0 bridgehead atoms. The van der Waals surface area contributed by atoms with E-state index in [1.165, 1.54) is 30.5 Å². The number of para-hydroxylation sites is 1. The molecule has 9 heteroatoms. The number of anilines is 1. The predicted molar refractivity (Wildman–Crippen MR) is 136 cm³/mol. The van der Waals surface area contributed by atoms with Crippen molar-refractivity contribution in [2.75, 3.05) is 11.9 Å². The number of benzene rings is 4. The number of H-pyrrole nitrogens is 1. The Balaban J connectivity index is 1.47. The van der Waals surface area contributed by atoms with Gasteiger partial charge >= 0.3 is 5.69 Å². The lowest BCUT2D eigenvalue weighted by molar-refractivity contribution is -0.118. The molecule has 178 valence electrons. The second-order valence-corrected chi connectivity index (χ2v) is 7.88. The maximum Gasteiger partial charge on any atom is 0.349 e. The fourth-order valence-corrected chi connectivity index (χ4v) is 3.78. The highest BCUT2D eigenvalue weighted by Gasteiger charge is 2.11. The van der Waals surface area contributed by atoms with E-state index >= 15 is 0 Å². The minimum Gasteiger partial charge on any atom is -0.483 e. The van der Waals surface area contributed by atoms with Crippen molar-refractivity contribution >= 4 is 39.5 Å². The number of hydrogen-bond acceptors (Lipinski definition) is 5. The molecule has 4 aromatic carbocycles. The molecule has 0 aliphatic heterocycles. The normalized spacial score (nSPS) is 11.2. The summed E-state index contributed by atoms with van der Waals surface area (Å²) in [6, 6.07) is 23.0. The summed E-state index contributed by atoms with van der Waals surface area (Å²) in [5.74, 6) is -0.523. The van der Waals surface area contributed by atoms with Gasteiger partial charge in [0, 0.05) is 11.3 Å². The van der Waals surface area contributed by atoms with Gasteiger partial charge in [-0.25, -0.2) is 9.18 Å². The summed E-state index contributed by atoms with van der Waals surface area (Å²) in [6.07, 6.45) is 1.36. The van der Waals surface area contributed by atoms with E-state index in [-0.39, 0.29) is 6.61 Å². The summed E-state index contributed by atoms with van der Waals surface area (Å²) < 4.78 is 19.6. The van der Waals surface area contributed by atoms with Crippen LogP contribution in [0.2, 0.25) is 0 Å². The van der Waals surface area contributed by atoms with E-state index in [0.717, 1.165) is 15.4 Å². The van der Waals surface area contributed by atoms with Gasteiger partial charge in [0.2, 0.25) is 0 Å². The summed E-state index contributed by atoms with van der Waals surface area (Å²) in [6.45, 7) is -0.326. The fourth-order valence-electron chi connectivity index (χ4n) is 3.78. The summed E-state index contributed by atoms with van der Waals surface area (Å²) in [7, 11) is 0. The molecule has 1 aromatic heterocycles. The van der Waals surface area contributed by atoms with Crippen LogP contribution >= 0.6 is 0 Å². The second kappa shape index (κ2) is 9.67. The topological polar surface area (TPSA) is 106 Å². The quantitative estimate of drug-likeness (QED) is 0.358. The Morgan fingerprint density at radius 3 is 2.47 bits per heavy atom. The highest BCUT2D eigenvalue weighted by atomic mass is 19.1. The average Bonchev–Trinajstić information content (AvgIpc) is 2.89. The molecule has 0 saturated carbocycles. The number of carbonyl (C=O) groups excluding carboxylic acids is 1. The van der Waals surface area contributed by atoms with Crippen LogP contribution in [0.25, 0.3) is 21.7 Å². The number of amides is 1. The van der Waals surface area contributed by atoms with Crippen molar-refractivity contribution in [3.05, 3.63) is 117 Å². The first-order chi connectivity index (χ1) is 17.5. The Kier molecular flexibility index (Phi) is 6.10. The predicted octanol–water partition coefficient (Wildman–Crippen LogP) is 3.88. The van der Waals surface area contributed by atoms with Gasteiger partial charge < -0.3 is 15.0 Å². The van der Waals surface area contributed by atoms with Gasteiger partial charge in [0.1, 0.15) is 11.6 Å². The van der Waals surface area contributed by atoms with Crippen LogP contribution in [0.15, 0.2) is 99.6 Å². The van der Waals surface area contributed by atoms with E-state index < -0.39 is 23.0 Å². The molecule has 1 heterocycles. The molecule has 2 N–H and O–H groups in total. The second-order valence-electron chi connectivity index (χ2n) is 7.88. The van der Waals surface area contributed by atoms with E-state index in [4.69, 9.17) is 4.74 Å². The number of rotatable bonds is 6. The van der Waals surface area contributed by atoms with Crippen molar-refractivity contribution < 1.29 is 13.9 Å². The molecule has 0 atom stereocenters. The number of hydrogen-bond donors (Lipinski definition) is 2. The van der Waals surface area contributed by atoms with Crippen LogP contribution in [0.4, 0.5) is 10.1 Å². The van der Waals surface area contributed by atoms with E-state index in [2.05, 4.69) is 15.4 Å².